The van der Waals surface area contributed by atoms with Gasteiger partial charge in [-0.3, -0.25) is 9.80 Å². The average Bonchev–Trinajstić information content (AvgIpc) is 2.98. The highest BCUT2D eigenvalue weighted by molar-refractivity contribution is 5.83. The highest BCUT2D eigenvalue weighted by atomic mass is 16.4. The molecule has 2 aliphatic rings. The molecule has 4 aromatic rings. The highest BCUT2D eigenvalue weighted by Crippen LogP contribution is 2.34. The zero-order valence-electron chi connectivity index (χ0n) is 22.5. The Morgan fingerprint density at radius 1 is 0.650 bits per heavy atom. The molecule has 40 heavy (non-hydrogen) atoms. The summed E-state index contributed by atoms with van der Waals surface area (Å²) in [7, 11) is 0. The molecular formula is C34H35N5O. The van der Waals surface area contributed by atoms with E-state index in [1.807, 2.05) is 24.3 Å². The highest BCUT2D eigenvalue weighted by Gasteiger charge is 2.38. The van der Waals surface area contributed by atoms with Gasteiger partial charge < -0.3 is 15.8 Å². The van der Waals surface area contributed by atoms with E-state index in [0.29, 0.717) is 5.84 Å². The molecule has 0 spiro atoms. The third-order valence-electron chi connectivity index (χ3n) is 7.71. The molecule has 0 atom stereocenters. The number of hydrogen-bond acceptors (Lipinski definition) is 4. The molecule has 2 saturated heterocycles. The fourth-order valence-corrected chi connectivity index (χ4v) is 5.54. The van der Waals surface area contributed by atoms with Gasteiger partial charge in [0, 0.05) is 19.0 Å². The number of likely N-dealkylation sites (tertiary alicyclic amines) is 2. The Morgan fingerprint density at radius 3 is 1.27 bits per heavy atom. The number of rotatable bonds is 7. The summed E-state index contributed by atoms with van der Waals surface area (Å²) >= 11 is 0. The van der Waals surface area contributed by atoms with Crippen molar-refractivity contribution in [2.24, 2.45) is 16.8 Å². The first kappa shape index (κ1) is 27.1. The topological polar surface area (TPSA) is 69.5 Å². The van der Waals surface area contributed by atoms with Gasteiger partial charge in [0.1, 0.15) is 5.84 Å². The molecule has 0 radical (unpaired) electrons. The molecule has 0 aliphatic carbocycles. The monoisotopic (exact) mass is 529 g/mol. The van der Waals surface area contributed by atoms with Gasteiger partial charge in [-0.1, -0.05) is 126 Å². The number of hydrogen-bond donors (Lipinski definition) is 2. The zero-order valence-corrected chi connectivity index (χ0v) is 22.5. The summed E-state index contributed by atoms with van der Waals surface area (Å²) < 4.78 is 0. The van der Waals surface area contributed by atoms with Gasteiger partial charge in [-0.05, 0) is 22.3 Å². The summed E-state index contributed by atoms with van der Waals surface area (Å²) in [5.41, 5.74) is 10.8. The van der Waals surface area contributed by atoms with E-state index in [0.717, 1.165) is 26.2 Å². The van der Waals surface area contributed by atoms with Crippen LogP contribution in [0.5, 0.6) is 0 Å². The van der Waals surface area contributed by atoms with Crippen LogP contribution in [0.25, 0.3) is 4.85 Å². The van der Waals surface area contributed by atoms with Crippen molar-refractivity contribution in [2.45, 2.75) is 18.1 Å². The predicted molar refractivity (Wildman–Crippen MR) is 160 cm³/mol. The van der Waals surface area contributed by atoms with Gasteiger partial charge in [0.2, 0.25) is 6.04 Å². The van der Waals surface area contributed by atoms with E-state index < -0.39 is 0 Å². The number of oxime groups is 1. The van der Waals surface area contributed by atoms with Crippen molar-refractivity contribution in [1.82, 2.24) is 9.80 Å². The van der Waals surface area contributed by atoms with E-state index in [1.54, 1.807) is 0 Å². The predicted octanol–water partition coefficient (Wildman–Crippen LogP) is 5.83. The van der Waals surface area contributed by atoms with Crippen molar-refractivity contribution < 1.29 is 5.21 Å². The maximum Gasteiger partial charge on any atom is 0.248 e. The molecule has 0 amide bonds. The van der Waals surface area contributed by atoms with Crippen LogP contribution in [0.1, 0.15) is 34.3 Å². The maximum absolute atomic E-state index is 8.77. The Morgan fingerprint density at radius 2 is 0.975 bits per heavy atom. The largest absolute Gasteiger partial charge is 0.409 e. The summed E-state index contributed by atoms with van der Waals surface area (Å²) in [5.74, 6) is 0.469. The smallest absolute Gasteiger partial charge is 0.248 e. The van der Waals surface area contributed by atoms with E-state index in [2.05, 4.69) is 117 Å². The Hall–Kier alpha value is -4.44. The molecule has 2 aliphatic heterocycles. The van der Waals surface area contributed by atoms with Crippen molar-refractivity contribution >= 4 is 5.84 Å². The Labute approximate surface area is 236 Å². The summed E-state index contributed by atoms with van der Waals surface area (Å²) in [6.07, 6.45) is 0. The fraction of sp³-hybridized carbons (Fsp3) is 0.235. The third kappa shape index (κ3) is 6.23. The van der Waals surface area contributed by atoms with Crippen molar-refractivity contribution in [3.63, 3.8) is 0 Å². The number of amidine groups is 1. The lowest BCUT2D eigenvalue weighted by Crippen LogP contribution is -2.53. The second-order valence-corrected chi connectivity index (χ2v) is 10.4. The maximum atomic E-state index is 8.77. The molecule has 2 fully saturated rings. The number of nitrogens with zero attached hydrogens (tertiary/aromatic N) is 4. The normalized spacial score (nSPS) is 16.5. The quantitative estimate of drug-likeness (QED) is 0.104. The first-order valence-corrected chi connectivity index (χ1v) is 13.7. The Kier molecular flexibility index (Phi) is 8.87. The van der Waals surface area contributed by atoms with Gasteiger partial charge in [0.25, 0.3) is 0 Å². The summed E-state index contributed by atoms with van der Waals surface area (Å²) in [6.45, 7) is 10.5. The lowest BCUT2D eigenvalue weighted by atomic mass is 9.90. The first-order valence-electron chi connectivity index (χ1n) is 13.7. The molecule has 0 bridgehead atoms. The fourth-order valence-electron chi connectivity index (χ4n) is 5.54. The number of benzene rings is 4. The molecule has 6 nitrogen and oxygen atoms in total. The van der Waals surface area contributed by atoms with E-state index in [9.17, 15) is 0 Å². The SMILES string of the molecule is N/C(=N\O)C1CN(C(c2ccccc2)c2ccccc2)C1.[C-]#[N+]C1CN(C(c2ccccc2)c2ccccc2)C1. The van der Waals surface area contributed by atoms with E-state index >= 15 is 0 Å². The Balaban J connectivity index is 0.000000162. The van der Waals surface area contributed by atoms with E-state index in [4.69, 9.17) is 17.5 Å². The third-order valence-corrected chi connectivity index (χ3v) is 7.71. The van der Waals surface area contributed by atoms with Gasteiger partial charge in [-0.2, -0.15) is 0 Å². The summed E-state index contributed by atoms with van der Waals surface area (Å²) in [4.78, 5) is 8.36. The molecule has 3 N–H and O–H groups in total. The van der Waals surface area contributed by atoms with Crippen LogP contribution in [0, 0.1) is 12.5 Å². The van der Waals surface area contributed by atoms with E-state index in [1.165, 1.54) is 22.3 Å². The second-order valence-electron chi connectivity index (χ2n) is 10.4. The second kappa shape index (κ2) is 13.1. The molecule has 0 aromatic heterocycles. The van der Waals surface area contributed by atoms with Crippen LogP contribution in [0.4, 0.5) is 0 Å². The summed E-state index contributed by atoms with van der Waals surface area (Å²) in [6, 6.07) is 42.7. The minimum absolute atomic E-state index is 0.143. The molecule has 0 unspecified atom stereocenters. The lowest BCUT2D eigenvalue weighted by molar-refractivity contribution is 0.102. The average molecular weight is 530 g/mol. The minimum atomic E-state index is 0.143. The van der Waals surface area contributed by atoms with Crippen molar-refractivity contribution in [1.29, 1.82) is 0 Å². The van der Waals surface area contributed by atoms with Gasteiger partial charge in [0.05, 0.1) is 25.2 Å². The molecule has 2 heterocycles. The van der Waals surface area contributed by atoms with Crippen LogP contribution in [0.15, 0.2) is 126 Å². The van der Waals surface area contributed by atoms with Crippen LogP contribution in [-0.2, 0) is 0 Å². The van der Waals surface area contributed by atoms with Gasteiger partial charge in [-0.25, -0.2) is 6.57 Å². The van der Waals surface area contributed by atoms with Crippen LogP contribution in [-0.4, -0.2) is 53.1 Å². The zero-order chi connectivity index (χ0) is 27.7. The molecule has 6 heteroatoms. The number of nitrogens with two attached hydrogens (primary N) is 1. The lowest BCUT2D eigenvalue weighted by Gasteiger charge is -2.44. The van der Waals surface area contributed by atoms with Gasteiger partial charge >= 0.3 is 0 Å². The van der Waals surface area contributed by atoms with E-state index in [-0.39, 0.29) is 24.0 Å². The molecule has 4 aromatic carbocycles. The van der Waals surface area contributed by atoms with Crippen LogP contribution in [0.3, 0.4) is 0 Å². The first-order chi connectivity index (χ1) is 19.7. The minimum Gasteiger partial charge on any atom is -0.409 e. The van der Waals surface area contributed by atoms with Gasteiger partial charge in [0.15, 0.2) is 0 Å². The molecular weight excluding hydrogens is 494 g/mol. The standard InChI is InChI=1S/C17H19N3O.C17H16N2/c18-17(19-21)15-11-20(12-15)16(13-7-3-1-4-8-13)14-9-5-2-6-10-14;1-18-16-12-19(13-16)17(14-8-4-2-5-9-14)15-10-6-3-7-11-15/h1-10,15-16,21H,11-12H2,(H2,18,19);2-11,16-17H,12-13H2. The van der Waals surface area contributed by atoms with Crippen molar-refractivity contribution in [3.8, 4) is 0 Å². The van der Waals surface area contributed by atoms with Crippen molar-refractivity contribution in [2.75, 3.05) is 26.2 Å². The molecule has 0 saturated carbocycles. The van der Waals surface area contributed by atoms with Crippen LogP contribution in [0.2, 0.25) is 0 Å². The van der Waals surface area contributed by atoms with Crippen molar-refractivity contribution in [3.05, 3.63) is 155 Å². The van der Waals surface area contributed by atoms with Crippen LogP contribution >= 0.6 is 0 Å². The van der Waals surface area contributed by atoms with Gasteiger partial charge in [-0.15, -0.1) is 0 Å². The summed E-state index contributed by atoms with van der Waals surface area (Å²) in [5, 5.41) is 11.9. The van der Waals surface area contributed by atoms with Crippen LogP contribution < -0.4 is 5.73 Å². The molecule has 6 rings (SSSR count). The Bertz CT molecular complexity index is 1320. The molecule has 202 valence electrons.